The highest BCUT2D eigenvalue weighted by molar-refractivity contribution is 5.98. The number of rotatable bonds is 3. The molecular formula is C13H14N2O2. The molecule has 0 fully saturated rings. The number of amides is 1. The van der Waals surface area contributed by atoms with Gasteiger partial charge in [0.25, 0.3) is 5.91 Å². The smallest absolute Gasteiger partial charge is 0.253 e. The summed E-state index contributed by atoms with van der Waals surface area (Å²) < 4.78 is 0. The Labute approximate surface area is 99.5 Å². The first-order valence-corrected chi connectivity index (χ1v) is 5.42. The zero-order valence-corrected chi connectivity index (χ0v) is 9.63. The van der Waals surface area contributed by atoms with Crippen LogP contribution in [0.3, 0.4) is 0 Å². The lowest BCUT2D eigenvalue weighted by atomic mass is 10.1. The Morgan fingerprint density at radius 2 is 2.18 bits per heavy atom. The van der Waals surface area contributed by atoms with Crippen LogP contribution >= 0.6 is 0 Å². The van der Waals surface area contributed by atoms with Crippen molar-refractivity contribution in [3.8, 4) is 0 Å². The minimum Gasteiger partial charge on any atom is -0.395 e. The molecule has 1 heterocycles. The van der Waals surface area contributed by atoms with Gasteiger partial charge in [-0.15, -0.1) is 0 Å². The summed E-state index contributed by atoms with van der Waals surface area (Å²) in [6.45, 7) is 0.312. The van der Waals surface area contributed by atoms with Gasteiger partial charge in [0.05, 0.1) is 6.61 Å². The molecule has 0 atom stereocenters. The molecule has 0 aliphatic heterocycles. The Balaban J connectivity index is 2.33. The van der Waals surface area contributed by atoms with Crippen molar-refractivity contribution in [2.24, 2.45) is 0 Å². The summed E-state index contributed by atoms with van der Waals surface area (Å²) in [6.07, 6.45) is 3.47. The summed E-state index contributed by atoms with van der Waals surface area (Å²) in [6, 6.07) is 7.37. The molecule has 2 aromatic rings. The molecule has 1 N–H and O–H groups in total. The van der Waals surface area contributed by atoms with Crippen molar-refractivity contribution >= 4 is 16.7 Å². The zero-order chi connectivity index (χ0) is 12.3. The standard InChI is InChI=1S/C13H14N2O2/c1-15(6-7-16)13(17)11-2-3-12-9-14-5-4-10(12)8-11/h2-5,8-9,16H,6-7H2,1H3. The van der Waals surface area contributed by atoms with Crippen LogP contribution in [0, 0.1) is 0 Å². The van der Waals surface area contributed by atoms with E-state index in [1.165, 1.54) is 4.90 Å². The Morgan fingerprint density at radius 3 is 2.94 bits per heavy atom. The fourth-order valence-electron chi connectivity index (χ4n) is 1.69. The average Bonchev–Trinajstić information content (AvgIpc) is 2.37. The van der Waals surface area contributed by atoms with Crippen molar-refractivity contribution in [2.45, 2.75) is 0 Å². The number of nitrogens with zero attached hydrogens (tertiary/aromatic N) is 2. The molecule has 2 rings (SSSR count). The summed E-state index contributed by atoms with van der Waals surface area (Å²) in [5.41, 5.74) is 0.625. The fourth-order valence-corrected chi connectivity index (χ4v) is 1.69. The number of likely N-dealkylation sites (N-methyl/N-ethyl adjacent to an activating group) is 1. The largest absolute Gasteiger partial charge is 0.395 e. The number of carbonyl (C=O) groups is 1. The van der Waals surface area contributed by atoms with Gasteiger partial charge in [-0.1, -0.05) is 6.07 Å². The van der Waals surface area contributed by atoms with Crippen LogP contribution in [0.5, 0.6) is 0 Å². The number of aromatic nitrogens is 1. The third-order valence-electron chi connectivity index (χ3n) is 2.67. The Bertz CT molecular complexity index is 540. The van der Waals surface area contributed by atoms with Crippen LogP contribution in [-0.4, -0.2) is 41.1 Å². The van der Waals surface area contributed by atoms with E-state index < -0.39 is 0 Å². The van der Waals surface area contributed by atoms with Crippen molar-refractivity contribution in [1.82, 2.24) is 9.88 Å². The van der Waals surface area contributed by atoms with Crippen LogP contribution in [0.4, 0.5) is 0 Å². The van der Waals surface area contributed by atoms with Gasteiger partial charge >= 0.3 is 0 Å². The lowest BCUT2D eigenvalue weighted by Gasteiger charge is -2.15. The number of pyridine rings is 1. The maximum Gasteiger partial charge on any atom is 0.253 e. The minimum absolute atomic E-state index is 0.0280. The molecular weight excluding hydrogens is 216 g/mol. The molecule has 1 aromatic heterocycles. The van der Waals surface area contributed by atoms with Crippen LogP contribution in [0.1, 0.15) is 10.4 Å². The normalized spacial score (nSPS) is 10.5. The van der Waals surface area contributed by atoms with Gasteiger partial charge < -0.3 is 10.0 Å². The zero-order valence-electron chi connectivity index (χ0n) is 9.63. The van der Waals surface area contributed by atoms with Gasteiger partial charge in [-0.2, -0.15) is 0 Å². The van der Waals surface area contributed by atoms with Crippen molar-refractivity contribution in [3.05, 3.63) is 42.2 Å². The van der Waals surface area contributed by atoms with Crippen molar-refractivity contribution in [3.63, 3.8) is 0 Å². The second-order valence-corrected chi connectivity index (χ2v) is 3.89. The van der Waals surface area contributed by atoms with E-state index in [4.69, 9.17) is 5.11 Å². The maximum atomic E-state index is 12.0. The number of aliphatic hydroxyl groups is 1. The van der Waals surface area contributed by atoms with Crippen LogP contribution < -0.4 is 0 Å². The third-order valence-corrected chi connectivity index (χ3v) is 2.67. The summed E-state index contributed by atoms with van der Waals surface area (Å²) >= 11 is 0. The van der Waals surface area contributed by atoms with E-state index in [0.717, 1.165) is 10.8 Å². The molecule has 0 radical (unpaired) electrons. The predicted molar refractivity (Wildman–Crippen MR) is 65.8 cm³/mol. The van der Waals surface area contributed by atoms with E-state index in [2.05, 4.69) is 4.98 Å². The number of hydrogen-bond donors (Lipinski definition) is 1. The number of hydrogen-bond acceptors (Lipinski definition) is 3. The summed E-state index contributed by atoms with van der Waals surface area (Å²) in [7, 11) is 1.68. The molecule has 0 saturated carbocycles. The summed E-state index contributed by atoms with van der Waals surface area (Å²) in [5, 5.41) is 10.8. The summed E-state index contributed by atoms with van der Waals surface area (Å²) in [5.74, 6) is -0.0854. The Kier molecular flexibility index (Phi) is 3.35. The van der Waals surface area contributed by atoms with Gasteiger partial charge in [0.15, 0.2) is 0 Å². The van der Waals surface area contributed by atoms with Gasteiger partial charge in [0.1, 0.15) is 0 Å². The van der Waals surface area contributed by atoms with Crippen LogP contribution in [0.15, 0.2) is 36.7 Å². The van der Waals surface area contributed by atoms with E-state index in [-0.39, 0.29) is 12.5 Å². The molecule has 0 saturated heterocycles. The molecule has 0 spiro atoms. The monoisotopic (exact) mass is 230 g/mol. The molecule has 88 valence electrons. The summed E-state index contributed by atoms with van der Waals surface area (Å²) in [4.78, 5) is 17.5. The Morgan fingerprint density at radius 1 is 1.35 bits per heavy atom. The van der Waals surface area contributed by atoms with Crippen molar-refractivity contribution in [1.29, 1.82) is 0 Å². The highest BCUT2D eigenvalue weighted by atomic mass is 16.3. The lowest BCUT2D eigenvalue weighted by Crippen LogP contribution is -2.29. The van der Waals surface area contributed by atoms with E-state index in [0.29, 0.717) is 12.1 Å². The number of benzene rings is 1. The molecule has 4 nitrogen and oxygen atoms in total. The molecule has 17 heavy (non-hydrogen) atoms. The van der Waals surface area contributed by atoms with Crippen molar-refractivity contribution in [2.75, 3.05) is 20.2 Å². The molecule has 0 aliphatic rings. The van der Waals surface area contributed by atoms with E-state index in [1.807, 2.05) is 18.2 Å². The highest BCUT2D eigenvalue weighted by Crippen LogP contribution is 2.15. The molecule has 4 heteroatoms. The van der Waals surface area contributed by atoms with E-state index >= 15 is 0 Å². The second-order valence-electron chi connectivity index (χ2n) is 3.89. The van der Waals surface area contributed by atoms with Crippen molar-refractivity contribution < 1.29 is 9.90 Å². The molecule has 1 amide bonds. The van der Waals surface area contributed by atoms with E-state index in [1.54, 1.807) is 25.5 Å². The van der Waals surface area contributed by atoms with Crippen LogP contribution in [0.2, 0.25) is 0 Å². The fraction of sp³-hybridized carbons (Fsp3) is 0.231. The van der Waals surface area contributed by atoms with Crippen LogP contribution in [0.25, 0.3) is 10.8 Å². The maximum absolute atomic E-state index is 12.0. The highest BCUT2D eigenvalue weighted by Gasteiger charge is 2.11. The second kappa shape index (κ2) is 4.93. The van der Waals surface area contributed by atoms with Gasteiger partial charge in [0, 0.05) is 36.9 Å². The number of aliphatic hydroxyl groups excluding tert-OH is 1. The molecule has 0 bridgehead atoms. The Hall–Kier alpha value is -1.94. The first-order chi connectivity index (χ1) is 8.22. The molecule has 0 aliphatic carbocycles. The number of carbonyl (C=O) groups excluding carboxylic acids is 1. The molecule has 1 aromatic carbocycles. The quantitative estimate of drug-likeness (QED) is 0.864. The predicted octanol–water partition coefficient (Wildman–Crippen LogP) is 1.30. The first kappa shape index (κ1) is 11.5. The third kappa shape index (κ3) is 2.42. The van der Waals surface area contributed by atoms with Gasteiger partial charge in [-0.3, -0.25) is 9.78 Å². The topological polar surface area (TPSA) is 53.4 Å². The number of fused-ring (bicyclic) bond motifs is 1. The average molecular weight is 230 g/mol. The van der Waals surface area contributed by atoms with E-state index in [9.17, 15) is 4.79 Å². The van der Waals surface area contributed by atoms with Gasteiger partial charge in [-0.25, -0.2) is 0 Å². The first-order valence-electron chi connectivity index (χ1n) is 5.42. The SMILES string of the molecule is CN(CCO)C(=O)c1ccc2cnccc2c1. The van der Waals surface area contributed by atoms with Gasteiger partial charge in [0.2, 0.25) is 0 Å². The minimum atomic E-state index is -0.0854. The van der Waals surface area contributed by atoms with Crippen LogP contribution in [-0.2, 0) is 0 Å². The van der Waals surface area contributed by atoms with Gasteiger partial charge in [-0.05, 0) is 23.6 Å². The molecule has 0 unspecified atom stereocenters. The lowest BCUT2D eigenvalue weighted by molar-refractivity contribution is 0.0767.